The summed E-state index contributed by atoms with van der Waals surface area (Å²) in [4.78, 5) is 21.2. The lowest BCUT2D eigenvalue weighted by atomic mass is 10.1. The Morgan fingerprint density at radius 3 is 2.50 bits per heavy atom. The predicted octanol–water partition coefficient (Wildman–Crippen LogP) is 4.56. The van der Waals surface area contributed by atoms with Crippen LogP contribution in [0.1, 0.15) is 15.4 Å². The van der Waals surface area contributed by atoms with Gasteiger partial charge in [0.1, 0.15) is 10.8 Å². The van der Waals surface area contributed by atoms with Crippen LogP contribution in [0, 0.1) is 5.82 Å². The number of hydrogen-bond acceptors (Lipinski definition) is 4. The van der Waals surface area contributed by atoms with Crippen LogP contribution in [0.3, 0.4) is 0 Å². The number of aromatic nitrogens is 1. The van der Waals surface area contributed by atoms with E-state index in [2.05, 4.69) is 10.3 Å². The van der Waals surface area contributed by atoms with Gasteiger partial charge in [-0.3, -0.25) is 9.69 Å². The van der Waals surface area contributed by atoms with Crippen molar-refractivity contribution in [3.05, 3.63) is 75.3 Å². The van der Waals surface area contributed by atoms with E-state index in [0.29, 0.717) is 18.1 Å². The summed E-state index contributed by atoms with van der Waals surface area (Å²) in [5, 5.41) is 3.80. The Kier molecular flexibility index (Phi) is 5.71. The van der Waals surface area contributed by atoms with Crippen LogP contribution in [-0.4, -0.2) is 46.9 Å². The van der Waals surface area contributed by atoms with Gasteiger partial charge in [-0.1, -0.05) is 35.9 Å². The van der Waals surface area contributed by atoms with Gasteiger partial charge in [-0.2, -0.15) is 0 Å². The van der Waals surface area contributed by atoms with E-state index < -0.39 is 5.82 Å². The van der Waals surface area contributed by atoms with Gasteiger partial charge in [0.15, 0.2) is 0 Å². The molecule has 1 saturated heterocycles. The Morgan fingerprint density at radius 1 is 1.07 bits per heavy atom. The first-order valence-corrected chi connectivity index (χ1v) is 10.3. The highest BCUT2D eigenvalue weighted by Gasteiger charge is 2.24. The van der Waals surface area contributed by atoms with Crippen molar-refractivity contribution in [2.45, 2.75) is 6.54 Å². The fourth-order valence-corrected chi connectivity index (χ4v) is 4.21. The van der Waals surface area contributed by atoms with Crippen LogP contribution in [0.2, 0.25) is 5.02 Å². The van der Waals surface area contributed by atoms with Crippen molar-refractivity contribution in [1.82, 2.24) is 14.8 Å². The number of benzene rings is 2. The zero-order chi connectivity index (χ0) is 19.5. The summed E-state index contributed by atoms with van der Waals surface area (Å²) in [6, 6.07) is 13.8. The van der Waals surface area contributed by atoms with E-state index in [1.165, 1.54) is 12.1 Å². The summed E-state index contributed by atoms with van der Waals surface area (Å²) in [6.45, 7) is 3.41. The first-order valence-electron chi connectivity index (χ1n) is 9.06. The molecule has 0 spiro atoms. The zero-order valence-corrected chi connectivity index (χ0v) is 16.7. The second-order valence-corrected chi connectivity index (χ2v) is 8.06. The molecule has 0 radical (unpaired) electrons. The van der Waals surface area contributed by atoms with Crippen molar-refractivity contribution in [2.24, 2.45) is 0 Å². The summed E-state index contributed by atoms with van der Waals surface area (Å²) >= 11 is 7.57. The molecule has 0 bridgehead atoms. The first-order chi connectivity index (χ1) is 13.6. The van der Waals surface area contributed by atoms with Crippen molar-refractivity contribution in [3.63, 3.8) is 0 Å². The van der Waals surface area contributed by atoms with E-state index in [-0.39, 0.29) is 11.5 Å². The molecule has 0 aliphatic carbocycles. The Hall–Kier alpha value is -2.28. The lowest BCUT2D eigenvalue weighted by Gasteiger charge is -2.34. The van der Waals surface area contributed by atoms with Crippen molar-refractivity contribution in [2.75, 3.05) is 26.2 Å². The molecule has 4 nitrogen and oxygen atoms in total. The largest absolute Gasteiger partial charge is 0.336 e. The Labute approximate surface area is 172 Å². The summed E-state index contributed by atoms with van der Waals surface area (Å²) in [6.07, 6.45) is 0. The maximum absolute atomic E-state index is 13.9. The molecular formula is C21H19ClFN3OS. The lowest BCUT2D eigenvalue weighted by molar-refractivity contribution is 0.0624. The number of nitrogens with zero attached hydrogens (tertiary/aromatic N) is 3. The van der Waals surface area contributed by atoms with Crippen LogP contribution in [0.5, 0.6) is 0 Å². The van der Waals surface area contributed by atoms with E-state index in [1.807, 2.05) is 24.3 Å². The molecule has 144 valence electrons. The highest BCUT2D eigenvalue weighted by molar-refractivity contribution is 7.09. The third kappa shape index (κ3) is 4.24. The summed E-state index contributed by atoms with van der Waals surface area (Å²) in [5.41, 5.74) is 2.14. The third-order valence-electron chi connectivity index (χ3n) is 4.81. The van der Waals surface area contributed by atoms with Gasteiger partial charge in [0.25, 0.3) is 5.91 Å². The molecule has 1 aliphatic rings. The number of halogens is 2. The van der Waals surface area contributed by atoms with E-state index in [1.54, 1.807) is 28.4 Å². The molecule has 2 heterocycles. The van der Waals surface area contributed by atoms with Crippen LogP contribution in [0.15, 0.2) is 53.9 Å². The van der Waals surface area contributed by atoms with Crippen LogP contribution in [0.4, 0.5) is 4.39 Å². The van der Waals surface area contributed by atoms with Crippen molar-refractivity contribution >= 4 is 28.8 Å². The number of piperazine rings is 1. The van der Waals surface area contributed by atoms with Crippen LogP contribution < -0.4 is 0 Å². The van der Waals surface area contributed by atoms with E-state index in [4.69, 9.17) is 16.6 Å². The molecule has 0 atom stereocenters. The maximum Gasteiger partial charge on any atom is 0.256 e. The summed E-state index contributed by atoms with van der Waals surface area (Å²) in [7, 11) is 0. The van der Waals surface area contributed by atoms with Crippen LogP contribution >= 0.6 is 22.9 Å². The predicted molar refractivity (Wildman–Crippen MR) is 110 cm³/mol. The number of amides is 1. The van der Waals surface area contributed by atoms with Crippen molar-refractivity contribution in [1.29, 1.82) is 0 Å². The third-order valence-corrected chi connectivity index (χ3v) is 5.90. The molecular weight excluding hydrogens is 397 g/mol. The molecule has 1 amide bonds. The number of thiazole rings is 1. The van der Waals surface area contributed by atoms with Gasteiger partial charge in [0, 0.05) is 42.1 Å². The van der Waals surface area contributed by atoms with Gasteiger partial charge in [0.05, 0.1) is 17.8 Å². The minimum Gasteiger partial charge on any atom is -0.336 e. The minimum absolute atomic E-state index is 0.142. The average molecular weight is 416 g/mol. The van der Waals surface area contributed by atoms with E-state index >= 15 is 0 Å². The number of rotatable bonds is 4. The van der Waals surface area contributed by atoms with Gasteiger partial charge < -0.3 is 4.90 Å². The number of carbonyl (C=O) groups excluding carboxylic acids is 1. The summed E-state index contributed by atoms with van der Waals surface area (Å²) in [5.74, 6) is -0.704. The molecule has 1 fully saturated rings. The van der Waals surface area contributed by atoms with E-state index in [9.17, 15) is 9.18 Å². The zero-order valence-electron chi connectivity index (χ0n) is 15.1. The normalized spacial score (nSPS) is 15.0. The van der Waals surface area contributed by atoms with Crippen LogP contribution in [-0.2, 0) is 6.54 Å². The molecule has 7 heteroatoms. The minimum atomic E-state index is -0.465. The Morgan fingerprint density at radius 2 is 1.79 bits per heavy atom. The monoisotopic (exact) mass is 415 g/mol. The van der Waals surface area contributed by atoms with Crippen molar-refractivity contribution in [3.8, 4) is 11.3 Å². The fraction of sp³-hybridized carbons (Fsp3) is 0.238. The van der Waals surface area contributed by atoms with Gasteiger partial charge in [-0.05, 0) is 24.3 Å². The number of hydrogen-bond donors (Lipinski definition) is 0. The number of carbonyl (C=O) groups is 1. The standard InChI is InChI=1S/C21H19ClFN3OS/c22-16-7-5-15(6-8-16)19-14-28-20(24-19)13-25-9-11-26(12-10-25)21(27)17-3-1-2-4-18(17)23/h1-8,14H,9-13H2. The summed E-state index contributed by atoms with van der Waals surface area (Å²) < 4.78 is 13.9. The van der Waals surface area contributed by atoms with Gasteiger partial charge in [0.2, 0.25) is 0 Å². The molecule has 0 unspecified atom stereocenters. The molecule has 4 rings (SSSR count). The van der Waals surface area contributed by atoms with Gasteiger partial charge in [-0.15, -0.1) is 11.3 Å². The topological polar surface area (TPSA) is 36.4 Å². The fourth-order valence-electron chi connectivity index (χ4n) is 3.24. The molecule has 0 N–H and O–H groups in total. The molecule has 0 saturated carbocycles. The molecule has 1 aromatic heterocycles. The Bertz CT molecular complexity index is 968. The maximum atomic E-state index is 13.9. The highest BCUT2D eigenvalue weighted by atomic mass is 35.5. The smallest absolute Gasteiger partial charge is 0.256 e. The molecule has 28 heavy (non-hydrogen) atoms. The first kappa shape index (κ1) is 19.1. The lowest BCUT2D eigenvalue weighted by Crippen LogP contribution is -2.48. The average Bonchev–Trinajstić information content (AvgIpc) is 3.17. The van der Waals surface area contributed by atoms with E-state index in [0.717, 1.165) is 35.9 Å². The highest BCUT2D eigenvalue weighted by Crippen LogP contribution is 2.24. The van der Waals surface area contributed by atoms with Crippen molar-refractivity contribution < 1.29 is 9.18 Å². The van der Waals surface area contributed by atoms with Crippen LogP contribution in [0.25, 0.3) is 11.3 Å². The van der Waals surface area contributed by atoms with Gasteiger partial charge in [-0.25, -0.2) is 9.37 Å². The second kappa shape index (κ2) is 8.39. The quantitative estimate of drug-likeness (QED) is 0.626. The molecule has 3 aromatic rings. The van der Waals surface area contributed by atoms with Gasteiger partial charge >= 0.3 is 0 Å². The SMILES string of the molecule is O=C(c1ccccc1F)N1CCN(Cc2nc(-c3ccc(Cl)cc3)cs2)CC1. The molecule has 1 aliphatic heterocycles. The molecule has 2 aromatic carbocycles. The second-order valence-electron chi connectivity index (χ2n) is 6.68. The Balaban J connectivity index is 1.34.